The lowest BCUT2D eigenvalue weighted by molar-refractivity contribution is -0.243. The van der Waals surface area contributed by atoms with Crippen LogP contribution in [0.15, 0.2) is 35.6 Å². The van der Waals surface area contributed by atoms with Crippen LogP contribution in [-0.4, -0.2) is 47.7 Å². The van der Waals surface area contributed by atoms with E-state index >= 15 is 0 Å². The van der Waals surface area contributed by atoms with Crippen molar-refractivity contribution in [1.82, 2.24) is 9.97 Å². The van der Waals surface area contributed by atoms with E-state index in [9.17, 15) is 22.4 Å². The molecule has 1 saturated carbocycles. The Kier molecular flexibility index (Phi) is 5.49. The summed E-state index contributed by atoms with van der Waals surface area (Å²) in [4.78, 5) is 24.4. The normalized spacial score (nSPS) is 23.4. The van der Waals surface area contributed by atoms with Gasteiger partial charge in [0, 0.05) is 11.3 Å². The highest BCUT2D eigenvalue weighted by atomic mass is 19.4. The van der Waals surface area contributed by atoms with Crippen molar-refractivity contribution in [2.24, 2.45) is 16.6 Å². The molecule has 2 aromatic rings. The minimum absolute atomic E-state index is 0.0595. The second-order valence-electron chi connectivity index (χ2n) is 7.53. The van der Waals surface area contributed by atoms with Crippen molar-refractivity contribution >= 4 is 17.4 Å². The molecule has 2 atom stereocenters. The van der Waals surface area contributed by atoms with Crippen molar-refractivity contribution in [3.63, 3.8) is 0 Å². The van der Waals surface area contributed by atoms with Crippen molar-refractivity contribution in [1.29, 1.82) is 0 Å². The van der Waals surface area contributed by atoms with E-state index in [1.54, 1.807) is 0 Å². The van der Waals surface area contributed by atoms with Gasteiger partial charge in [-0.2, -0.15) is 13.2 Å². The number of hydrogen-bond donors (Lipinski definition) is 2. The number of aromatic nitrogens is 2. The van der Waals surface area contributed by atoms with E-state index in [1.807, 2.05) is 0 Å². The number of amides is 1. The Hall–Kier alpha value is -3.28. The maximum Gasteiger partial charge on any atom is 0.417 e. The van der Waals surface area contributed by atoms with Gasteiger partial charge in [-0.25, -0.2) is 14.4 Å². The molecular weight excluding hydrogens is 434 g/mol. The van der Waals surface area contributed by atoms with Gasteiger partial charge in [0.25, 0.3) is 5.91 Å². The van der Waals surface area contributed by atoms with Crippen LogP contribution in [-0.2, 0) is 10.3 Å². The number of hydrogen-bond acceptors (Lipinski definition) is 7. The van der Waals surface area contributed by atoms with Gasteiger partial charge >= 0.3 is 6.18 Å². The van der Waals surface area contributed by atoms with E-state index in [-0.39, 0.29) is 28.7 Å². The van der Waals surface area contributed by atoms with Gasteiger partial charge < -0.3 is 20.5 Å². The number of amidine groups is 1. The molecule has 1 amide bonds. The Morgan fingerprint density at radius 3 is 2.62 bits per heavy atom. The molecule has 0 radical (unpaired) electrons. The highest BCUT2D eigenvalue weighted by molar-refractivity contribution is 6.02. The molecule has 1 aromatic heterocycles. The minimum Gasteiger partial charge on any atom is -0.480 e. The average Bonchev–Trinajstić information content (AvgIpc) is 3.60. The molecule has 0 bridgehead atoms. The van der Waals surface area contributed by atoms with Gasteiger partial charge in [0.15, 0.2) is 6.10 Å². The summed E-state index contributed by atoms with van der Waals surface area (Å²) >= 11 is 0. The number of halogens is 4. The lowest BCUT2D eigenvalue weighted by Crippen LogP contribution is -2.55. The number of rotatable bonds is 5. The molecule has 1 fully saturated rings. The third-order valence-electron chi connectivity index (χ3n) is 5.35. The lowest BCUT2D eigenvalue weighted by atomic mass is 9.78. The van der Waals surface area contributed by atoms with Gasteiger partial charge in [-0.05, 0) is 37.0 Å². The number of carbonyl (C=O) groups is 1. The molecular formula is C20H19F4N5O3. The number of aliphatic imine (C=N–C) groups is 1. The third kappa shape index (κ3) is 3.97. The molecule has 0 unspecified atom stereocenters. The van der Waals surface area contributed by atoms with Crippen LogP contribution in [0.4, 0.5) is 23.2 Å². The molecule has 4 rings (SSSR count). The number of anilines is 1. The summed E-state index contributed by atoms with van der Waals surface area (Å²) in [5.74, 6) is -2.16. The largest absolute Gasteiger partial charge is 0.480 e. The summed E-state index contributed by atoms with van der Waals surface area (Å²) in [6, 6.07) is 3.34. The summed E-state index contributed by atoms with van der Waals surface area (Å²) in [6.45, 7) is -0.507. The number of nitrogens with zero attached hydrogens (tertiary/aromatic N) is 3. The second kappa shape index (κ2) is 8.01. The maximum atomic E-state index is 14.9. The molecule has 2 heterocycles. The third-order valence-corrected chi connectivity index (χ3v) is 5.35. The van der Waals surface area contributed by atoms with Gasteiger partial charge in [-0.15, -0.1) is 0 Å². The summed E-state index contributed by atoms with van der Waals surface area (Å²) < 4.78 is 66.6. The fraction of sp³-hybridized carbons (Fsp3) is 0.400. The van der Waals surface area contributed by atoms with E-state index in [1.165, 1.54) is 25.6 Å². The Morgan fingerprint density at radius 1 is 1.28 bits per heavy atom. The van der Waals surface area contributed by atoms with E-state index in [4.69, 9.17) is 15.2 Å². The molecule has 32 heavy (non-hydrogen) atoms. The summed E-state index contributed by atoms with van der Waals surface area (Å²) in [6.07, 6.45) is -3.96. The van der Waals surface area contributed by atoms with E-state index in [0.29, 0.717) is 12.8 Å². The number of ether oxygens (including phenoxy) is 2. The Labute approximate surface area is 179 Å². The molecule has 2 aliphatic rings. The minimum atomic E-state index is -4.81. The molecule has 0 spiro atoms. The van der Waals surface area contributed by atoms with E-state index < -0.39 is 42.1 Å². The molecule has 12 heteroatoms. The molecule has 3 N–H and O–H groups in total. The van der Waals surface area contributed by atoms with Crippen molar-refractivity contribution in [3.05, 3.63) is 47.7 Å². The average molecular weight is 453 g/mol. The SMILES string of the molecule is COc1cnc(C(=O)Nc2ccc(F)c([C@@]3(C4CC4)N=C(N)CO[C@H]3C(F)(F)F)c2)cn1. The Balaban J connectivity index is 1.73. The molecule has 0 saturated heterocycles. The van der Waals surface area contributed by atoms with Crippen LogP contribution in [0, 0.1) is 11.7 Å². The number of nitrogens with one attached hydrogen (secondary N) is 1. The summed E-state index contributed by atoms with van der Waals surface area (Å²) in [5.41, 5.74) is 3.30. The molecule has 8 nitrogen and oxygen atoms in total. The lowest BCUT2D eigenvalue weighted by Gasteiger charge is -2.42. The van der Waals surface area contributed by atoms with Crippen LogP contribution in [0.3, 0.4) is 0 Å². The maximum absolute atomic E-state index is 14.9. The zero-order chi connectivity index (χ0) is 23.1. The zero-order valence-corrected chi connectivity index (χ0v) is 16.8. The predicted octanol–water partition coefficient (Wildman–Crippen LogP) is 2.80. The van der Waals surface area contributed by atoms with E-state index in [2.05, 4.69) is 20.3 Å². The van der Waals surface area contributed by atoms with Crippen LogP contribution in [0.1, 0.15) is 28.9 Å². The fourth-order valence-electron chi connectivity index (χ4n) is 3.86. The van der Waals surface area contributed by atoms with Gasteiger partial charge in [0.05, 0.1) is 19.5 Å². The quantitative estimate of drug-likeness (QED) is 0.674. The molecule has 1 aliphatic carbocycles. The fourth-order valence-corrected chi connectivity index (χ4v) is 3.86. The first-order chi connectivity index (χ1) is 15.1. The van der Waals surface area contributed by atoms with Gasteiger partial charge in [-0.3, -0.25) is 9.79 Å². The summed E-state index contributed by atoms with van der Waals surface area (Å²) in [5, 5.41) is 2.49. The molecule has 1 aliphatic heterocycles. The van der Waals surface area contributed by atoms with Crippen LogP contribution < -0.4 is 15.8 Å². The number of methoxy groups -OCH3 is 1. The second-order valence-corrected chi connectivity index (χ2v) is 7.53. The molecule has 1 aromatic carbocycles. The topological polar surface area (TPSA) is 112 Å². The van der Waals surface area contributed by atoms with Crippen LogP contribution in [0.2, 0.25) is 0 Å². The standard InChI is InChI=1S/C20H19F4N5O3/c1-31-16-8-26-14(7-27-16)17(30)28-11-4-5-13(21)12(6-11)19(10-2-3-10)18(20(22,23)24)32-9-15(25)29-19/h4-8,10,18H,2-3,9H2,1H3,(H2,25,29)(H,28,30)/t18-,19-/m1/s1. The van der Waals surface area contributed by atoms with E-state index in [0.717, 1.165) is 12.1 Å². The van der Waals surface area contributed by atoms with Gasteiger partial charge in [0.2, 0.25) is 5.88 Å². The van der Waals surface area contributed by atoms with Crippen molar-refractivity contribution in [2.75, 3.05) is 19.0 Å². The Morgan fingerprint density at radius 2 is 2.03 bits per heavy atom. The van der Waals surface area contributed by atoms with Crippen molar-refractivity contribution in [3.8, 4) is 5.88 Å². The number of alkyl halides is 3. The first-order valence-corrected chi connectivity index (χ1v) is 9.65. The first kappa shape index (κ1) is 21.9. The summed E-state index contributed by atoms with van der Waals surface area (Å²) in [7, 11) is 1.39. The smallest absolute Gasteiger partial charge is 0.417 e. The highest BCUT2D eigenvalue weighted by Gasteiger charge is 2.64. The monoisotopic (exact) mass is 453 g/mol. The zero-order valence-electron chi connectivity index (χ0n) is 16.8. The predicted molar refractivity (Wildman–Crippen MR) is 105 cm³/mol. The van der Waals surface area contributed by atoms with Crippen molar-refractivity contribution in [2.45, 2.75) is 30.7 Å². The van der Waals surface area contributed by atoms with Crippen LogP contribution >= 0.6 is 0 Å². The highest BCUT2D eigenvalue weighted by Crippen LogP contribution is 2.56. The molecule has 170 valence electrons. The van der Waals surface area contributed by atoms with Gasteiger partial charge in [0.1, 0.15) is 29.5 Å². The number of nitrogens with two attached hydrogens (primary N) is 1. The van der Waals surface area contributed by atoms with Crippen LogP contribution in [0.5, 0.6) is 5.88 Å². The number of benzene rings is 1. The Bertz CT molecular complexity index is 1060. The number of carbonyl (C=O) groups excluding carboxylic acids is 1. The van der Waals surface area contributed by atoms with Gasteiger partial charge in [-0.1, -0.05) is 0 Å². The first-order valence-electron chi connectivity index (χ1n) is 9.65. The van der Waals surface area contributed by atoms with Crippen LogP contribution in [0.25, 0.3) is 0 Å². The van der Waals surface area contributed by atoms with Crippen molar-refractivity contribution < 1.29 is 31.8 Å².